The molecule has 5 nitrogen and oxygen atoms in total. The van der Waals surface area contributed by atoms with Crippen molar-refractivity contribution < 1.29 is 0 Å². The third-order valence-corrected chi connectivity index (χ3v) is 3.66. The van der Waals surface area contributed by atoms with E-state index in [1.54, 1.807) is 6.20 Å². The zero-order valence-corrected chi connectivity index (χ0v) is 10.1. The number of aromatic nitrogens is 4. The lowest BCUT2D eigenvalue weighted by Gasteiger charge is -2.25. The van der Waals surface area contributed by atoms with Gasteiger partial charge in [-0.15, -0.1) is 10.2 Å². The maximum atomic E-state index is 4.40. The normalized spacial score (nSPS) is 24.5. The van der Waals surface area contributed by atoms with Gasteiger partial charge >= 0.3 is 0 Å². The molecule has 1 fully saturated rings. The largest absolute Gasteiger partial charge is 0.316 e. The van der Waals surface area contributed by atoms with E-state index < -0.39 is 0 Å². The Morgan fingerprint density at radius 1 is 1.47 bits per heavy atom. The molecule has 1 N–H and O–H groups in total. The SMILES string of the molecule is CCCC1(c2nnc3ccncn23)CCNC1. The Kier molecular flexibility index (Phi) is 2.55. The first-order chi connectivity index (χ1) is 8.36. The van der Waals surface area contributed by atoms with Gasteiger partial charge < -0.3 is 5.32 Å². The first-order valence-electron chi connectivity index (χ1n) is 6.22. The number of hydrogen-bond acceptors (Lipinski definition) is 4. The monoisotopic (exact) mass is 231 g/mol. The van der Waals surface area contributed by atoms with Crippen LogP contribution in [0, 0.1) is 0 Å². The molecule has 3 heterocycles. The maximum absolute atomic E-state index is 4.40. The predicted molar refractivity (Wildman–Crippen MR) is 64.9 cm³/mol. The highest BCUT2D eigenvalue weighted by molar-refractivity contribution is 5.37. The molecule has 3 rings (SSSR count). The van der Waals surface area contributed by atoms with E-state index >= 15 is 0 Å². The lowest BCUT2D eigenvalue weighted by Crippen LogP contribution is -2.31. The van der Waals surface area contributed by atoms with Crippen molar-refractivity contribution in [3.8, 4) is 0 Å². The van der Waals surface area contributed by atoms with Gasteiger partial charge in [0.25, 0.3) is 0 Å². The molecule has 5 heteroatoms. The molecule has 1 unspecified atom stereocenters. The summed E-state index contributed by atoms with van der Waals surface area (Å²) >= 11 is 0. The lowest BCUT2D eigenvalue weighted by molar-refractivity contribution is 0.398. The second-order valence-corrected chi connectivity index (χ2v) is 4.79. The molecule has 17 heavy (non-hydrogen) atoms. The Bertz CT molecular complexity index is 512. The summed E-state index contributed by atoms with van der Waals surface area (Å²) in [5, 5.41) is 12.1. The van der Waals surface area contributed by atoms with Crippen LogP contribution >= 0.6 is 0 Å². The molecule has 2 aromatic rings. The van der Waals surface area contributed by atoms with Crippen LogP contribution < -0.4 is 5.32 Å². The number of nitrogens with one attached hydrogen (secondary N) is 1. The molecule has 1 aliphatic heterocycles. The van der Waals surface area contributed by atoms with Gasteiger partial charge in [-0.25, -0.2) is 4.98 Å². The molecule has 1 saturated heterocycles. The van der Waals surface area contributed by atoms with E-state index in [1.165, 1.54) is 0 Å². The molecule has 0 radical (unpaired) electrons. The third kappa shape index (κ3) is 1.61. The molecular weight excluding hydrogens is 214 g/mol. The van der Waals surface area contributed by atoms with Crippen molar-refractivity contribution in [3.63, 3.8) is 0 Å². The van der Waals surface area contributed by atoms with Gasteiger partial charge in [-0.2, -0.15) is 0 Å². The minimum Gasteiger partial charge on any atom is -0.316 e. The zero-order chi connectivity index (χ0) is 11.7. The summed E-state index contributed by atoms with van der Waals surface area (Å²) in [5.41, 5.74) is 1.02. The smallest absolute Gasteiger partial charge is 0.163 e. The van der Waals surface area contributed by atoms with Crippen molar-refractivity contribution in [2.75, 3.05) is 13.1 Å². The first kappa shape index (κ1) is 10.7. The van der Waals surface area contributed by atoms with Gasteiger partial charge in [0.15, 0.2) is 5.65 Å². The minimum atomic E-state index is 0.136. The van der Waals surface area contributed by atoms with Crippen molar-refractivity contribution in [3.05, 3.63) is 24.4 Å². The van der Waals surface area contributed by atoms with Crippen LogP contribution in [-0.2, 0) is 5.41 Å². The second kappa shape index (κ2) is 4.07. The summed E-state index contributed by atoms with van der Waals surface area (Å²) < 4.78 is 2.03. The van der Waals surface area contributed by atoms with Crippen LogP contribution in [0.1, 0.15) is 32.0 Å². The molecule has 0 spiro atoms. The van der Waals surface area contributed by atoms with Crippen molar-refractivity contribution in [1.82, 2.24) is 24.9 Å². The Balaban J connectivity index is 2.12. The molecule has 2 aromatic heterocycles. The van der Waals surface area contributed by atoms with Crippen LogP contribution in [0.25, 0.3) is 5.65 Å². The molecule has 0 amide bonds. The fraction of sp³-hybridized carbons (Fsp3) is 0.583. The summed E-state index contributed by atoms with van der Waals surface area (Å²) in [7, 11) is 0. The number of fused-ring (bicyclic) bond motifs is 1. The fourth-order valence-electron chi connectivity index (χ4n) is 2.85. The van der Waals surface area contributed by atoms with Gasteiger partial charge in [0.2, 0.25) is 0 Å². The van der Waals surface area contributed by atoms with Gasteiger partial charge in [0.05, 0.1) is 0 Å². The topological polar surface area (TPSA) is 55.1 Å². The van der Waals surface area contributed by atoms with E-state index in [0.29, 0.717) is 0 Å². The van der Waals surface area contributed by atoms with E-state index in [2.05, 4.69) is 27.4 Å². The van der Waals surface area contributed by atoms with Crippen molar-refractivity contribution in [2.45, 2.75) is 31.6 Å². The Labute approximate surface area is 100 Å². The van der Waals surface area contributed by atoms with E-state index in [4.69, 9.17) is 0 Å². The van der Waals surface area contributed by atoms with Gasteiger partial charge in [0, 0.05) is 24.2 Å². The van der Waals surface area contributed by atoms with Crippen molar-refractivity contribution in [2.24, 2.45) is 0 Å². The zero-order valence-electron chi connectivity index (χ0n) is 10.1. The summed E-state index contributed by atoms with van der Waals surface area (Å²) in [5.74, 6) is 1.06. The molecule has 90 valence electrons. The standard InChI is InChI=1S/C12H17N5/c1-2-4-12(5-7-13-8-12)11-16-15-10-3-6-14-9-17(10)11/h3,6,9,13H,2,4-5,7-8H2,1H3. The second-order valence-electron chi connectivity index (χ2n) is 4.79. The Hall–Kier alpha value is -1.49. The highest BCUT2D eigenvalue weighted by atomic mass is 15.3. The van der Waals surface area contributed by atoms with Gasteiger partial charge in [0.1, 0.15) is 12.2 Å². The van der Waals surface area contributed by atoms with E-state index in [1.807, 2.05) is 16.8 Å². The van der Waals surface area contributed by atoms with Gasteiger partial charge in [-0.05, 0) is 19.4 Å². The molecule has 0 bridgehead atoms. The molecular formula is C12H17N5. The van der Waals surface area contributed by atoms with Crippen LogP contribution in [0.2, 0.25) is 0 Å². The highest BCUT2D eigenvalue weighted by Gasteiger charge is 2.38. The lowest BCUT2D eigenvalue weighted by atomic mass is 9.81. The van der Waals surface area contributed by atoms with Gasteiger partial charge in [-0.1, -0.05) is 13.3 Å². The number of nitrogens with zero attached hydrogens (tertiary/aromatic N) is 4. The van der Waals surface area contributed by atoms with Gasteiger partial charge in [-0.3, -0.25) is 4.40 Å². The molecule has 0 aliphatic carbocycles. The number of hydrogen-bond donors (Lipinski definition) is 1. The molecule has 1 aliphatic rings. The van der Waals surface area contributed by atoms with Crippen molar-refractivity contribution in [1.29, 1.82) is 0 Å². The first-order valence-corrected chi connectivity index (χ1v) is 6.22. The highest BCUT2D eigenvalue weighted by Crippen LogP contribution is 2.34. The third-order valence-electron chi connectivity index (χ3n) is 3.66. The average Bonchev–Trinajstić information content (AvgIpc) is 2.96. The van der Waals surface area contributed by atoms with Crippen LogP contribution in [0.15, 0.2) is 18.6 Å². The fourth-order valence-corrected chi connectivity index (χ4v) is 2.85. The van der Waals surface area contributed by atoms with Crippen LogP contribution in [0.3, 0.4) is 0 Å². The quantitative estimate of drug-likeness (QED) is 0.861. The maximum Gasteiger partial charge on any atom is 0.163 e. The van der Waals surface area contributed by atoms with E-state index in [0.717, 1.165) is 43.8 Å². The average molecular weight is 231 g/mol. The van der Waals surface area contributed by atoms with Crippen LogP contribution in [0.4, 0.5) is 0 Å². The summed E-state index contributed by atoms with van der Waals surface area (Å²) in [6.07, 6.45) is 7.02. The predicted octanol–water partition coefficient (Wildman–Crippen LogP) is 1.16. The van der Waals surface area contributed by atoms with E-state index in [-0.39, 0.29) is 5.41 Å². The molecule has 1 atom stereocenters. The van der Waals surface area contributed by atoms with Crippen LogP contribution in [0.5, 0.6) is 0 Å². The molecule has 0 saturated carbocycles. The summed E-state index contributed by atoms with van der Waals surface area (Å²) in [6, 6.07) is 1.90. The number of rotatable bonds is 3. The summed E-state index contributed by atoms with van der Waals surface area (Å²) in [6.45, 7) is 4.28. The molecule has 0 aromatic carbocycles. The van der Waals surface area contributed by atoms with Crippen LogP contribution in [-0.4, -0.2) is 32.7 Å². The van der Waals surface area contributed by atoms with E-state index in [9.17, 15) is 0 Å². The minimum absolute atomic E-state index is 0.136. The summed E-state index contributed by atoms with van der Waals surface area (Å²) in [4.78, 5) is 4.17. The van der Waals surface area contributed by atoms with Crippen molar-refractivity contribution >= 4 is 5.65 Å². The Morgan fingerprint density at radius 3 is 3.18 bits per heavy atom. The Morgan fingerprint density at radius 2 is 2.41 bits per heavy atom.